The molecule has 0 spiro atoms. The van der Waals surface area contributed by atoms with Crippen molar-refractivity contribution in [3.8, 4) is 0 Å². The number of carbonyl (C=O) groups excluding carboxylic acids is 5. The molecule has 0 saturated carbocycles. The number of hydrogen-bond donors (Lipinski definition) is 4. The third-order valence-corrected chi connectivity index (χ3v) is 9.82. The smallest absolute Gasteiger partial charge is 0.379 e. The van der Waals surface area contributed by atoms with Crippen LogP contribution in [0.25, 0.3) is 0 Å². The summed E-state index contributed by atoms with van der Waals surface area (Å²) in [6.07, 6.45) is -3.60. The van der Waals surface area contributed by atoms with E-state index in [0.29, 0.717) is 38.3 Å². The van der Waals surface area contributed by atoms with Gasteiger partial charge in [0.15, 0.2) is 5.78 Å². The van der Waals surface area contributed by atoms with Crippen molar-refractivity contribution in [2.75, 3.05) is 39.5 Å². The summed E-state index contributed by atoms with van der Waals surface area (Å²) in [4.78, 5) is 70.5. The topological polar surface area (TPSA) is 158 Å². The third kappa shape index (κ3) is 14.0. The molecule has 15 heteroatoms. The molecule has 2 aromatic carbocycles. The van der Waals surface area contributed by atoms with Crippen molar-refractivity contribution in [1.82, 2.24) is 26.2 Å². The first-order valence-electron chi connectivity index (χ1n) is 19.3. The Morgan fingerprint density at radius 1 is 0.732 bits per heavy atom. The molecule has 5 atom stereocenters. The van der Waals surface area contributed by atoms with Crippen molar-refractivity contribution in [1.29, 1.82) is 0 Å². The van der Waals surface area contributed by atoms with E-state index in [1.54, 1.807) is 6.92 Å². The van der Waals surface area contributed by atoms with E-state index < -0.39 is 59.2 Å². The second-order valence-electron chi connectivity index (χ2n) is 15.8. The van der Waals surface area contributed by atoms with E-state index in [-0.39, 0.29) is 62.4 Å². The Bertz CT molecular complexity index is 1630. The quantitative estimate of drug-likeness (QED) is 0.148. The van der Waals surface area contributed by atoms with Gasteiger partial charge in [0.05, 0.1) is 38.0 Å². The number of benzene rings is 2. The van der Waals surface area contributed by atoms with Crippen LogP contribution in [-0.2, 0) is 52.5 Å². The van der Waals surface area contributed by atoms with Gasteiger partial charge < -0.3 is 30.7 Å². The molecule has 4 amide bonds. The normalized spacial score (nSPS) is 19.4. The zero-order valence-electron chi connectivity index (χ0n) is 32.9. The fourth-order valence-corrected chi connectivity index (χ4v) is 6.54. The van der Waals surface area contributed by atoms with Gasteiger partial charge in [0.1, 0.15) is 23.7 Å². The van der Waals surface area contributed by atoms with E-state index >= 15 is 0 Å². The van der Waals surface area contributed by atoms with Crippen molar-refractivity contribution >= 4 is 29.4 Å². The van der Waals surface area contributed by atoms with E-state index in [1.165, 1.54) is 12.1 Å². The van der Waals surface area contributed by atoms with Crippen LogP contribution in [0.2, 0.25) is 0 Å². The minimum atomic E-state index is -4.57. The first-order chi connectivity index (χ1) is 26.4. The van der Waals surface area contributed by atoms with Gasteiger partial charge in [-0.1, -0.05) is 70.2 Å². The van der Waals surface area contributed by atoms with Gasteiger partial charge in [-0.2, -0.15) is 13.2 Å². The Balaban J connectivity index is 1.56. The Morgan fingerprint density at radius 2 is 1.27 bits per heavy atom. The van der Waals surface area contributed by atoms with Crippen molar-refractivity contribution in [2.45, 2.75) is 103 Å². The molecule has 2 aliphatic heterocycles. The summed E-state index contributed by atoms with van der Waals surface area (Å²) in [6.45, 7) is 11.6. The van der Waals surface area contributed by atoms with E-state index in [2.05, 4.69) is 21.3 Å². The SMILES string of the molecule is CC(C)C[C@H](NC(=O)[C@H](CCc1ccccc1)NC(=O)CN1CCOCC1)C(=O)N[C@@H](Cc1ccc(C(F)(F)F)cc1)C(=O)N[C@@H](CC(C)C)C(=O)[C@]1(C)CO1. The summed E-state index contributed by atoms with van der Waals surface area (Å²) in [5.41, 5.74) is -0.626. The van der Waals surface area contributed by atoms with Crippen molar-refractivity contribution in [3.05, 3.63) is 71.3 Å². The maximum absolute atomic E-state index is 14.1. The number of ether oxygens (including phenoxy) is 2. The van der Waals surface area contributed by atoms with Gasteiger partial charge in [0.25, 0.3) is 0 Å². The van der Waals surface area contributed by atoms with Crippen LogP contribution in [0.1, 0.15) is 70.6 Å². The Morgan fingerprint density at radius 3 is 1.84 bits per heavy atom. The molecule has 0 radical (unpaired) electrons. The zero-order chi connectivity index (χ0) is 41.0. The van der Waals surface area contributed by atoms with Gasteiger partial charge in [0, 0.05) is 19.5 Å². The van der Waals surface area contributed by atoms with E-state index in [1.807, 2.05) is 62.9 Å². The number of nitrogens with one attached hydrogen (secondary N) is 4. The zero-order valence-corrected chi connectivity index (χ0v) is 32.9. The van der Waals surface area contributed by atoms with Crippen molar-refractivity contribution in [3.63, 3.8) is 0 Å². The van der Waals surface area contributed by atoms with Crippen LogP contribution in [0.15, 0.2) is 54.6 Å². The largest absolute Gasteiger partial charge is 0.416 e. The maximum Gasteiger partial charge on any atom is 0.416 e. The monoisotopic (exact) mass is 787 g/mol. The molecule has 0 aromatic heterocycles. The summed E-state index contributed by atoms with van der Waals surface area (Å²) >= 11 is 0. The van der Waals surface area contributed by atoms with Gasteiger partial charge in [0.2, 0.25) is 23.6 Å². The number of nitrogens with zero attached hydrogens (tertiary/aromatic N) is 1. The fraction of sp³-hybridized carbons (Fsp3) is 0.585. The van der Waals surface area contributed by atoms with Crippen LogP contribution in [-0.4, -0.2) is 104 Å². The van der Waals surface area contributed by atoms with Gasteiger partial charge in [-0.15, -0.1) is 0 Å². The number of halogens is 3. The fourth-order valence-electron chi connectivity index (χ4n) is 6.54. The number of ketones is 1. The molecule has 2 aliphatic rings. The standard InChI is InChI=1S/C41H56F3N5O7/c1-26(2)21-32(36(51)40(5)25-56-40)46-39(54)34(23-29-11-14-30(15-12-29)41(42,43)44)48-38(53)33(22-27(3)4)47-37(52)31(16-13-28-9-7-6-8-10-28)45-35(50)24-49-17-19-55-20-18-49/h6-12,14-15,26-27,31-34H,13,16-25H2,1-5H3,(H,45,50)(H,46,54)(H,47,52)(H,48,53)/t31-,32-,33-,34-,40-/m0/s1. The second kappa shape index (κ2) is 20.2. The molecule has 0 aliphatic carbocycles. The molecule has 2 aromatic rings. The number of morpholine rings is 1. The van der Waals surface area contributed by atoms with Crippen molar-refractivity contribution < 1.29 is 46.6 Å². The lowest BCUT2D eigenvalue weighted by Gasteiger charge is -2.29. The average molecular weight is 788 g/mol. The highest BCUT2D eigenvalue weighted by atomic mass is 19.4. The molecule has 2 fully saturated rings. The summed E-state index contributed by atoms with van der Waals surface area (Å²) in [7, 11) is 0. The van der Waals surface area contributed by atoms with Crippen LogP contribution < -0.4 is 21.3 Å². The van der Waals surface area contributed by atoms with Crippen LogP contribution in [0.3, 0.4) is 0 Å². The number of rotatable bonds is 20. The summed E-state index contributed by atoms with van der Waals surface area (Å²) in [5, 5.41) is 11.2. The minimum Gasteiger partial charge on any atom is -0.379 e. The molecule has 0 bridgehead atoms. The van der Waals surface area contributed by atoms with Crippen LogP contribution >= 0.6 is 0 Å². The number of carbonyl (C=O) groups is 5. The Kier molecular flexibility index (Phi) is 16.0. The van der Waals surface area contributed by atoms with Crippen LogP contribution in [0.5, 0.6) is 0 Å². The van der Waals surface area contributed by atoms with Crippen LogP contribution in [0.4, 0.5) is 13.2 Å². The maximum atomic E-state index is 14.1. The Hall–Kier alpha value is -4.34. The number of hydrogen-bond acceptors (Lipinski definition) is 8. The van der Waals surface area contributed by atoms with Gasteiger partial charge in [-0.25, -0.2) is 0 Å². The molecule has 308 valence electrons. The number of Topliss-reactive ketones (excluding diaryl/α,β-unsaturated/α-hetero) is 1. The van der Waals surface area contributed by atoms with Crippen LogP contribution in [0, 0.1) is 11.8 Å². The average Bonchev–Trinajstić information content (AvgIpc) is 3.90. The highest BCUT2D eigenvalue weighted by Crippen LogP contribution is 2.30. The number of epoxide rings is 1. The predicted molar refractivity (Wildman–Crippen MR) is 203 cm³/mol. The number of alkyl halides is 3. The Labute approximate surface area is 327 Å². The van der Waals surface area contributed by atoms with E-state index in [0.717, 1.165) is 17.7 Å². The molecule has 12 nitrogen and oxygen atoms in total. The minimum absolute atomic E-state index is 0.00406. The highest BCUT2D eigenvalue weighted by Gasteiger charge is 2.50. The van der Waals surface area contributed by atoms with E-state index in [4.69, 9.17) is 9.47 Å². The second-order valence-corrected chi connectivity index (χ2v) is 15.8. The third-order valence-electron chi connectivity index (χ3n) is 9.82. The number of amides is 4. The number of aryl methyl sites for hydroxylation is 1. The molecule has 56 heavy (non-hydrogen) atoms. The molecule has 0 unspecified atom stereocenters. The predicted octanol–water partition coefficient (Wildman–Crippen LogP) is 3.60. The van der Waals surface area contributed by atoms with Gasteiger partial charge in [-0.3, -0.25) is 28.9 Å². The summed E-state index contributed by atoms with van der Waals surface area (Å²) in [6, 6.07) is 9.30. The summed E-state index contributed by atoms with van der Waals surface area (Å²) < 4.78 is 50.8. The van der Waals surface area contributed by atoms with Crippen molar-refractivity contribution in [2.24, 2.45) is 11.8 Å². The lowest BCUT2D eigenvalue weighted by molar-refractivity contribution is -0.137. The van der Waals surface area contributed by atoms with Gasteiger partial charge >= 0.3 is 6.18 Å². The molecular weight excluding hydrogens is 731 g/mol. The first-order valence-corrected chi connectivity index (χ1v) is 19.3. The summed E-state index contributed by atoms with van der Waals surface area (Å²) in [5.74, 6) is -2.77. The van der Waals surface area contributed by atoms with E-state index in [9.17, 15) is 37.1 Å². The molecule has 2 heterocycles. The molecule has 2 saturated heterocycles. The lowest BCUT2D eigenvalue weighted by Crippen LogP contribution is -2.59. The highest BCUT2D eigenvalue weighted by molar-refractivity contribution is 5.98. The first kappa shape index (κ1) is 44.4. The lowest BCUT2D eigenvalue weighted by atomic mass is 9.93. The molecular formula is C41H56F3N5O7. The molecule has 4 rings (SSSR count). The molecule has 4 N–H and O–H groups in total. The van der Waals surface area contributed by atoms with Gasteiger partial charge in [-0.05, 0) is 67.7 Å².